The molecule has 39 heavy (non-hydrogen) atoms. The number of carbonyl (C=O) groups is 1. The molecule has 10 heteroatoms. The number of amides is 1. The molecule has 0 saturated carbocycles. The highest BCUT2D eigenvalue weighted by Crippen LogP contribution is 2.32. The zero-order valence-electron chi connectivity index (χ0n) is 21.0. The highest BCUT2D eigenvalue weighted by Gasteiger charge is 2.17. The van der Waals surface area contributed by atoms with Crippen LogP contribution in [0.1, 0.15) is 0 Å². The first-order valence-electron chi connectivity index (χ1n) is 12.3. The van der Waals surface area contributed by atoms with Crippen molar-refractivity contribution >= 4 is 40.3 Å². The summed E-state index contributed by atoms with van der Waals surface area (Å²) in [6.07, 6.45) is 2.77. The normalized spacial score (nSPS) is 13.0. The molecule has 1 amide bonds. The molecule has 198 valence electrons. The summed E-state index contributed by atoms with van der Waals surface area (Å²) in [5.74, 6) is -0.781. The second-order valence-electron chi connectivity index (χ2n) is 8.76. The van der Waals surface area contributed by atoms with E-state index in [0.29, 0.717) is 66.0 Å². The molecular formula is C29H26F2N6O2. The predicted octanol–water partition coefficient (Wildman–Crippen LogP) is 5.87. The van der Waals surface area contributed by atoms with E-state index >= 15 is 0 Å². The van der Waals surface area contributed by atoms with Crippen LogP contribution in [0.15, 0.2) is 85.6 Å². The Morgan fingerprint density at radius 1 is 0.949 bits per heavy atom. The summed E-state index contributed by atoms with van der Waals surface area (Å²) in [6, 6.07) is 17.9. The van der Waals surface area contributed by atoms with Gasteiger partial charge in [0.2, 0.25) is 11.9 Å². The lowest BCUT2D eigenvalue weighted by Crippen LogP contribution is -2.36. The Labute approximate surface area is 224 Å². The van der Waals surface area contributed by atoms with Crippen LogP contribution in [0.3, 0.4) is 0 Å². The summed E-state index contributed by atoms with van der Waals surface area (Å²) in [5.41, 5.74) is 3.85. The second-order valence-corrected chi connectivity index (χ2v) is 8.76. The molecule has 1 aromatic heterocycles. The van der Waals surface area contributed by atoms with Crippen molar-refractivity contribution in [1.82, 2.24) is 9.97 Å². The molecular weight excluding hydrogens is 502 g/mol. The van der Waals surface area contributed by atoms with Gasteiger partial charge in [-0.2, -0.15) is 0 Å². The van der Waals surface area contributed by atoms with Gasteiger partial charge in [0.1, 0.15) is 11.6 Å². The van der Waals surface area contributed by atoms with Crippen molar-refractivity contribution in [2.45, 2.75) is 0 Å². The maximum absolute atomic E-state index is 14.6. The first-order chi connectivity index (χ1) is 19.0. The molecule has 0 spiro atoms. The predicted molar refractivity (Wildman–Crippen MR) is 149 cm³/mol. The summed E-state index contributed by atoms with van der Waals surface area (Å²) in [6.45, 7) is 5.75. The summed E-state index contributed by atoms with van der Waals surface area (Å²) in [7, 11) is 0. The Morgan fingerprint density at radius 2 is 1.72 bits per heavy atom. The number of anilines is 6. The van der Waals surface area contributed by atoms with Gasteiger partial charge >= 0.3 is 0 Å². The molecule has 3 aromatic carbocycles. The number of benzene rings is 3. The van der Waals surface area contributed by atoms with Crippen LogP contribution in [0.4, 0.5) is 43.2 Å². The summed E-state index contributed by atoms with van der Waals surface area (Å²) in [5, 5.41) is 9.07. The maximum Gasteiger partial charge on any atom is 0.247 e. The maximum atomic E-state index is 14.6. The minimum atomic E-state index is -0.387. The zero-order chi connectivity index (χ0) is 27.2. The van der Waals surface area contributed by atoms with E-state index in [0.717, 1.165) is 0 Å². The first-order valence-corrected chi connectivity index (χ1v) is 12.3. The first kappa shape index (κ1) is 25.8. The minimum absolute atomic E-state index is 0.273. The molecule has 1 aliphatic heterocycles. The Morgan fingerprint density at radius 3 is 2.51 bits per heavy atom. The molecule has 3 N–H and O–H groups in total. The number of nitrogens with zero attached hydrogens (tertiary/aromatic N) is 3. The van der Waals surface area contributed by atoms with Crippen molar-refractivity contribution in [2.75, 3.05) is 47.2 Å². The molecule has 0 unspecified atom stereocenters. The van der Waals surface area contributed by atoms with Gasteiger partial charge in [-0.25, -0.2) is 18.7 Å². The van der Waals surface area contributed by atoms with E-state index in [1.807, 2.05) is 11.0 Å². The van der Waals surface area contributed by atoms with Gasteiger partial charge in [-0.3, -0.25) is 4.79 Å². The van der Waals surface area contributed by atoms with Crippen LogP contribution in [-0.2, 0) is 9.53 Å². The van der Waals surface area contributed by atoms with E-state index in [2.05, 4.69) is 27.5 Å². The third-order valence-electron chi connectivity index (χ3n) is 6.04. The summed E-state index contributed by atoms with van der Waals surface area (Å²) >= 11 is 0. The lowest BCUT2D eigenvalue weighted by molar-refractivity contribution is -0.111. The van der Waals surface area contributed by atoms with Crippen molar-refractivity contribution in [3.05, 3.63) is 97.2 Å². The molecule has 4 aromatic rings. The van der Waals surface area contributed by atoms with E-state index in [4.69, 9.17) is 9.72 Å². The number of carbonyl (C=O) groups excluding carboxylic acids is 1. The van der Waals surface area contributed by atoms with Crippen LogP contribution in [-0.4, -0.2) is 42.2 Å². The SMILES string of the molecule is C=CC(=O)Nc1cccc(-c2nc(Nc3ccc(F)c(N4CCOCC4)c3)ncc2Nc2cccc(F)c2)c1. The van der Waals surface area contributed by atoms with Gasteiger partial charge in [0.15, 0.2) is 0 Å². The van der Waals surface area contributed by atoms with Crippen LogP contribution >= 0.6 is 0 Å². The number of nitrogens with one attached hydrogen (secondary N) is 3. The highest BCUT2D eigenvalue weighted by molar-refractivity contribution is 5.99. The lowest BCUT2D eigenvalue weighted by atomic mass is 10.1. The van der Waals surface area contributed by atoms with Gasteiger partial charge in [0.25, 0.3) is 0 Å². The average molecular weight is 529 g/mol. The Kier molecular flexibility index (Phi) is 7.74. The monoisotopic (exact) mass is 528 g/mol. The Hall–Kier alpha value is -4.83. The third kappa shape index (κ3) is 6.36. The van der Waals surface area contributed by atoms with Gasteiger partial charge < -0.3 is 25.6 Å². The largest absolute Gasteiger partial charge is 0.378 e. The second kappa shape index (κ2) is 11.7. The van der Waals surface area contributed by atoms with E-state index < -0.39 is 0 Å². The lowest BCUT2D eigenvalue weighted by Gasteiger charge is -2.29. The van der Waals surface area contributed by atoms with Crippen LogP contribution in [0.2, 0.25) is 0 Å². The number of hydrogen-bond acceptors (Lipinski definition) is 7. The summed E-state index contributed by atoms with van der Waals surface area (Å²) < 4.78 is 33.8. The molecule has 0 radical (unpaired) electrons. The van der Waals surface area contributed by atoms with Gasteiger partial charge in [-0.05, 0) is 54.6 Å². The van der Waals surface area contributed by atoms with Gasteiger partial charge in [-0.15, -0.1) is 0 Å². The fourth-order valence-electron chi connectivity index (χ4n) is 4.18. The Bertz CT molecular complexity index is 1510. The van der Waals surface area contributed by atoms with Crippen molar-refractivity contribution in [3.63, 3.8) is 0 Å². The quantitative estimate of drug-likeness (QED) is 0.246. The van der Waals surface area contributed by atoms with Crippen LogP contribution in [0.25, 0.3) is 11.3 Å². The number of rotatable bonds is 8. The number of aromatic nitrogens is 2. The zero-order valence-corrected chi connectivity index (χ0v) is 21.0. The smallest absolute Gasteiger partial charge is 0.247 e. The van der Waals surface area contributed by atoms with Crippen LogP contribution in [0, 0.1) is 11.6 Å². The van der Waals surface area contributed by atoms with E-state index in [1.165, 1.54) is 24.3 Å². The fraction of sp³-hybridized carbons (Fsp3) is 0.138. The highest BCUT2D eigenvalue weighted by atomic mass is 19.1. The number of hydrogen-bond donors (Lipinski definition) is 3. The standard InChI is InChI=1S/C29H26F2N6O2/c1-2-27(38)34-21-7-3-5-19(15-21)28-25(33-22-8-4-6-20(30)16-22)18-32-29(36-28)35-23-9-10-24(31)26(17-23)37-11-13-39-14-12-37/h2-10,15-18,33H,1,11-14H2,(H,34,38)(H,32,35,36). The van der Waals surface area contributed by atoms with E-state index in [9.17, 15) is 13.6 Å². The molecule has 1 saturated heterocycles. The average Bonchev–Trinajstić information content (AvgIpc) is 2.95. The number of halogens is 2. The van der Waals surface area contributed by atoms with Gasteiger partial charge in [0, 0.05) is 35.7 Å². The number of morpholine rings is 1. The topological polar surface area (TPSA) is 91.4 Å². The molecule has 2 heterocycles. The molecule has 1 fully saturated rings. The Balaban J connectivity index is 1.49. The van der Waals surface area contributed by atoms with Gasteiger partial charge in [-0.1, -0.05) is 24.8 Å². The van der Waals surface area contributed by atoms with E-state index in [1.54, 1.807) is 48.7 Å². The molecule has 1 aliphatic rings. The van der Waals surface area contributed by atoms with Crippen LogP contribution in [0.5, 0.6) is 0 Å². The molecule has 5 rings (SSSR count). The minimum Gasteiger partial charge on any atom is -0.378 e. The molecule has 0 atom stereocenters. The number of ether oxygens (including phenoxy) is 1. The summed E-state index contributed by atoms with van der Waals surface area (Å²) in [4.78, 5) is 22.9. The van der Waals surface area contributed by atoms with Crippen molar-refractivity contribution in [1.29, 1.82) is 0 Å². The van der Waals surface area contributed by atoms with E-state index in [-0.39, 0.29) is 23.5 Å². The molecule has 8 nitrogen and oxygen atoms in total. The molecule has 0 bridgehead atoms. The molecule has 0 aliphatic carbocycles. The van der Waals surface area contributed by atoms with Crippen molar-refractivity contribution in [3.8, 4) is 11.3 Å². The van der Waals surface area contributed by atoms with Crippen molar-refractivity contribution < 1.29 is 18.3 Å². The van der Waals surface area contributed by atoms with Crippen LogP contribution < -0.4 is 20.9 Å². The van der Waals surface area contributed by atoms with Crippen molar-refractivity contribution in [2.24, 2.45) is 0 Å². The fourth-order valence-corrected chi connectivity index (χ4v) is 4.18. The van der Waals surface area contributed by atoms with Gasteiger partial charge in [0.05, 0.1) is 36.5 Å². The third-order valence-corrected chi connectivity index (χ3v) is 6.04.